The molecule has 0 bridgehead atoms. The van der Waals surface area contributed by atoms with Crippen LogP contribution in [0.25, 0.3) is 0 Å². The zero-order valence-electron chi connectivity index (χ0n) is 16.4. The summed E-state index contributed by atoms with van der Waals surface area (Å²) in [6.45, 7) is 5.56. The number of benzene rings is 2. The van der Waals surface area contributed by atoms with Crippen LogP contribution in [0.3, 0.4) is 0 Å². The van der Waals surface area contributed by atoms with Gasteiger partial charge in [-0.05, 0) is 73.6 Å². The Labute approximate surface area is 167 Å². The lowest BCUT2D eigenvalue weighted by atomic mass is 10.1. The molecular formula is C23H30O3S. The first-order valence-corrected chi connectivity index (χ1v) is 10.7. The van der Waals surface area contributed by atoms with Crippen molar-refractivity contribution in [3.63, 3.8) is 0 Å². The molecule has 2 rings (SSSR count). The van der Waals surface area contributed by atoms with E-state index in [4.69, 9.17) is 9.47 Å². The first-order valence-electron chi connectivity index (χ1n) is 9.90. The summed E-state index contributed by atoms with van der Waals surface area (Å²) in [6.07, 6.45) is 7.50. The van der Waals surface area contributed by atoms with Crippen molar-refractivity contribution in [1.82, 2.24) is 0 Å². The van der Waals surface area contributed by atoms with Crippen LogP contribution in [0.5, 0.6) is 11.5 Å². The fourth-order valence-corrected chi connectivity index (χ4v) is 3.44. The predicted molar refractivity (Wildman–Crippen MR) is 113 cm³/mol. The number of unbranched alkanes of at least 4 members (excludes halogenated alkanes) is 5. The summed E-state index contributed by atoms with van der Waals surface area (Å²) >= 11 is 1.22. The van der Waals surface area contributed by atoms with E-state index in [9.17, 15) is 4.79 Å². The molecule has 0 saturated heterocycles. The van der Waals surface area contributed by atoms with Crippen molar-refractivity contribution in [3.8, 4) is 11.5 Å². The smallest absolute Gasteiger partial charge is 0.224 e. The Morgan fingerprint density at radius 3 is 2.04 bits per heavy atom. The molecule has 2 aromatic carbocycles. The van der Waals surface area contributed by atoms with Gasteiger partial charge in [0.15, 0.2) is 0 Å². The first-order chi connectivity index (χ1) is 13.2. The van der Waals surface area contributed by atoms with Crippen LogP contribution < -0.4 is 9.47 Å². The minimum absolute atomic E-state index is 0.0293. The molecule has 0 aliphatic heterocycles. The van der Waals surface area contributed by atoms with Gasteiger partial charge in [0.05, 0.1) is 13.2 Å². The van der Waals surface area contributed by atoms with Crippen LogP contribution in [0.1, 0.15) is 62.7 Å². The molecule has 0 aliphatic carbocycles. The quantitative estimate of drug-likeness (QED) is 0.298. The van der Waals surface area contributed by atoms with Crippen molar-refractivity contribution in [3.05, 3.63) is 54.1 Å². The van der Waals surface area contributed by atoms with Gasteiger partial charge in [-0.3, -0.25) is 4.79 Å². The van der Waals surface area contributed by atoms with E-state index < -0.39 is 0 Å². The topological polar surface area (TPSA) is 35.5 Å². The van der Waals surface area contributed by atoms with Crippen LogP contribution in [-0.2, 0) is 0 Å². The third-order valence-electron chi connectivity index (χ3n) is 4.20. The van der Waals surface area contributed by atoms with Crippen LogP contribution in [0.2, 0.25) is 0 Å². The van der Waals surface area contributed by atoms with E-state index in [2.05, 4.69) is 6.92 Å². The zero-order chi connectivity index (χ0) is 19.3. The Hall–Kier alpha value is -1.94. The summed E-state index contributed by atoms with van der Waals surface area (Å²) in [6, 6.07) is 15.0. The van der Waals surface area contributed by atoms with Crippen molar-refractivity contribution in [2.75, 3.05) is 13.2 Å². The minimum atomic E-state index is 0.0293. The van der Waals surface area contributed by atoms with Crippen molar-refractivity contribution in [1.29, 1.82) is 0 Å². The SMILES string of the molecule is CCCCCCCCOc1ccc(C(=O)Sc2ccc(OCC)cc2)cc1. The van der Waals surface area contributed by atoms with Gasteiger partial charge in [0.2, 0.25) is 5.12 Å². The molecule has 0 heterocycles. The van der Waals surface area contributed by atoms with Gasteiger partial charge in [0.1, 0.15) is 11.5 Å². The average Bonchev–Trinajstić information content (AvgIpc) is 2.69. The molecular weight excluding hydrogens is 356 g/mol. The summed E-state index contributed by atoms with van der Waals surface area (Å²) < 4.78 is 11.2. The highest BCUT2D eigenvalue weighted by atomic mass is 32.2. The van der Waals surface area contributed by atoms with E-state index in [1.165, 1.54) is 43.9 Å². The van der Waals surface area contributed by atoms with Crippen molar-refractivity contribution in [2.24, 2.45) is 0 Å². The number of thioether (sulfide) groups is 1. The second-order valence-electron chi connectivity index (χ2n) is 6.43. The summed E-state index contributed by atoms with van der Waals surface area (Å²) in [7, 11) is 0. The lowest BCUT2D eigenvalue weighted by Gasteiger charge is -2.07. The molecule has 27 heavy (non-hydrogen) atoms. The maximum atomic E-state index is 12.4. The summed E-state index contributed by atoms with van der Waals surface area (Å²) in [5.74, 6) is 1.65. The fraction of sp³-hybridized carbons (Fsp3) is 0.435. The highest BCUT2D eigenvalue weighted by Gasteiger charge is 2.08. The maximum absolute atomic E-state index is 12.4. The summed E-state index contributed by atoms with van der Waals surface area (Å²) in [5, 5.41) is 0.0293. The molecule has 0 unspecified atom stereocenters. The van der Waals surface area contributed by atoms with Gasteiger partial charge in [-0.1, -0.05) is 39.0 Å². The first kappa shape index (κ1) is 21.4. The Bertz CT molecular complexity index is 665. The predicted octanol–water partition coefficient (Wildman–Crippen LogP) is 6.76. The van der Waals surface area contributed by atoms with Crippen LogP contribution in [0, 0.1) is 0 Å². The molecule has 0 spiro atoms. The molecule has 0 aromatic heterocycles. The van der Waals surface area contributed by atoms with E-state index in [1.54, 1.807) is 0 Å². The Morgan fingerprint density at radius 1 is 0.778 bits per heavy atom. The molecule has 0 amide bonds. The van der Waals surface area contributed by atoms with Crippen molar-refractivity contribution >= 4 is 16.9 Å². The number of carbonyl (C=O) groups is 1. The van der Waals surface area contributed by atoms with E-state index in [-0.39, 0.29) is 5.12 Å². The molecule has 146 valence electrons. The molecule has 0 radical (unpaired) electrons. The van der Waals surface area contributed by atoms with Gasteiger partial charge in [-0.2, -0.15) is 0 Å². The lowest BCUT2D eigenvalue weighted by molar-refractivity contribution is 0.108. The average molecular weight is 387 g/mol. The second kappa shape index (κ2) is 12.4. The minimum Gasteiger partial charge on any atom is -0.494 e. The number of hydrogen-bond acceptors (Lipinski definition) is 4. The third-order valence-corrected chi connectivity index (χ3v) is 5.13. The van der Waals surface area contributed by atoms with E-state index in [0.717, 1.165) is 29.4 Å². The molecule has 0 fully saturated rings. The standard InChI is InChI=1S/C23H30O3S/c1-3-5-6-7-8-9-18-26-21-12-10-19(11-13-21)23(24)27-22-16-14-20(15-17-22)25-4-2/h10-17H,3-9,18H2,1-2H3. The van der Waals surface area contributed by atoms with Gasteiger partial charge in [0, 0.05) is 10.5 Å². The highest BCUT2D eigenvalue weighted by Crippen LogP contribution is 2.26. The monoisotopic (exact) mass is 386 g/mol. The lowest BCUT2D eigenvalue weighted by Crippen LogP contribution is -1.98. The number of ether oxygens (including phenoxy) is 2. The normalized spacial score (nSPS) is 10.6. The maximum Gasteiger partial charge on any atom is 0.224 e. The van der Waals surface area contributed by atoms with Crippen molar-refractivity contribution < 1.29 is 14.3 Å². The molecule has 0 saturated carbocycles. The van der Waals surface area contributed by atoms with Crippen LogP contribution >= 0.6 is 11.8 Å². The molecule has 2 aromatic rings. The highest BCUT2D eigenvalue weighted by molar-refractivity contribution is 8.14. The van der Waals surface area contributed by atoms with Gasteiger partial charge in [-0.25, -0.2) is 0 Å². The number of rotatable bonds is 12. The Kier molecular flexibility index (Phi) is 9.85. The fourth-order valence-electron chi connectivity index (χ4n) is 2.70. The molecule has 0 aliphatic rings. The Balaban J connectivity index is 1.74. The molecule has 4 heteroatoms. The van der Waals surface area contributed by atoms with Gasteiger partial charge >= 0.3 is 0 Å². The molecule has 0 N–H and O–H groups in total. The van der Waals surface area contributed by atoms with E-state index in [0.29, 0.717) is 12.2 Å². The van der Waals surface area contributed by atoms with E-state index in [1.807, 2.05) is 55.5 Å². The second-order valence-corrected chi connectivity index (χ2v) is 7.48. The van der Waals surface area contributed by atoms with Crippen molar-refractivity contribution in [2.45, 2.75) is 57.3 Å². The van der Waals surface area contributed by atoms with Crippen LogP contribution in [-0.4, -0.2) is 18.3 Å². The van der Waals surface area contributed by atoms with Crippen LogP contribution in [0.4, 0.5) is 0 Å². The summed E-state index contributed by atoms with van der Waals surface area (Å²) in [4.78, 5) is 13.3. The molecule has 0 atom stereocenters. The van der Waals surface area contributed by atoms with Gasteiger partial charge in [0.25, 0.3) is 0 Å². The van der Waals surface area contributed by atoms with E-state index >= 15 is 0 Å². The van der Waals surface area contributed by atoms with Gasteiger partial charge < -0.3 is 9.47 Å². The largest absolute Gasteiger partial charge is 0.494 e. The van der Waals surface area contributed by atoms with Crippen LogP contribution in [0.15, 0.2) is 53.4 Å². The number of carbonyl (C=O) groups excluding carboxylic acids is 1. The number of hydrogen-bond donors (Lipinski definition) is 0. The molecule has 3 nitrogen and oxygen atoms in total. The summed E-state index contributed by atoms with van der Waals surface area (Å²) in [5.41, 5.74) is 0.681. The Morgan fingerprint density at radius 2 is 1.37 bits per heavy atom. The van der Waals surface area contributed by atoms with Gasteiger partial charge in [-0.15, -0.1) is 0 Å². The third kappa shape index (κ3) is 8.08. The zero-order valence-corrected chi connectivity index (χ0v) is 17.2.